The summed E-state index contributed by atoms with van der Waals surface area (Å²) in [4.78, 5) is 13.6. The Hall–Kier alpha value is -2.59. The van der Waals surface area contributed by atoms with Crippen molar-refractivity contribution in [3.05, 3.63) is 23.4 Å². The summed E-state index contributed by atoms with van der Waals surface area (Å²) in [6.45, 7) is 0.0186. The zero-order valence-electron chi connectivity index (χ0n) is 10.6. The molecule has 0 saturated carbocycles. The molecular formula is C10H10F3N7O. The van der Waals surface area contributed by atoms with E-state index >= 15 is 0 Å². The van der Waals surface area contributed by atoms with Gasteiger partial charge in [-0.05, 0) is 0 Å². The summed E-state index contributed by atoms with van der Waals surface area (Å²) in [6.07, 6.45) is -3.29. The largest absolute Gasteiger partial charge is 0.451 e. The van der Waals surface area contributed by atoms with E-state index in [1.54, 1.807) is 0 Å². The molecule has 0 bridgehead atoms. The van der Waals surface area contributed by atoms with Gasteiger partial charge in [-0.3, -0.25) is 9.89 Å². The van der Waals surface area contributed by atoms with Crippen LogP contribution in [0.3, 0.4) is 0 Å². The van der Waals surface area contributed by atoms with Crippen LogP contribution in [0.1, 0.15) is 22.0 Å². The number of nitrogens with two attached hydrogens (primary N) is 1. The average molecular weight is 301 g/mol. The van der Waals surface area contributed by atoms with Crippen LogP contribution in [-0.2, 0) is 19.3 Å². The number of hydrogen-bond acceptors (Lipinski definition) is 5. The Labute approximate surface area is 115 Å². The van der Waals surface area contributed by atoms with Crippen molar-refractivity contribution in [2.45, 2.75) is 19.3 Å². The van der Waals surface area contributed by atoms with Crippen molar-refractivity contribution >= 4 is 11.7 Å². The van der Waals surface area contributed by atoms with E-state index in [4.69, 9.17) is 5.73 Å². The first-order valence-corrected chi connectivity index (χ1v) is 5.95. The fourth-order valence-electron chi connectivity index (χ4n) is 2.18. The van der Waals surface area contributed by atoms with Crippen LogP contribution in [0.15, 0.2) is 6.20 Å². The number of alkyl halides is 3. The zero-order valence-corrected chi connectivity index (χ0v) is 10.6. The van der Waals surface area contributed by atoms with E-state index in [-0.39, 0.29) is 36.8 Å². The molecule has 0 saturated heterocycles. The number of nitrogens with one attached hydrogen (secondary N) is 1. The topological polar surface area (TPSA) is 106 Å². The summed E-state index contributed by atoms with van der Waals surface area (Å²) in [6, 6.07) is 0. The minimum atomic E-state index is -4.56. The lowest BCUT2D eigenvalue weighted by atomic mass is 10.2. The third-order valence-corrected chi connectivity index (χ3v) is 3.19. The van der Waals surface area contributed by atoms with Gasteiger partial charge < -0.3 is 15.2 Å². The van der Waals surface area contributed by atoms with Gasteiger partial charge in [0.2, 0.25) is 5.82 Å². The number of carbonyl (C=O) groups excluding carboxylic acids is 1. The smallest absolute Gasteiger partial charge is 0.383 e. The van der Waals surface area contributed by atoms with E-state index < -0.39 is 17.9 Å². The second-order valence-electron chi connectivity index (χ2n) is 4.51. The Bertz CT molecular complexity index is 689. The van der Waals surface area contributed by atoms with Crippen LogP contribution in [0.4, 0.5) is 19.0 Å². The van der Waals surface area contributed by atoms with Gasteiger partial charge in [0.05, 0.1) is 12.7 Å². The van der Waals surface area contributed by atoms with E-state index in [9.17, 15) is 18.0 Å². The van der Waals surface area contributed by atoms with Crippen LogP contribution in [-0.4, -0.2) is 42.3 Å². The fourth-order valence-corrected chi connectivity index (χ4v) is 2.18. The number of hydrogen-bond donors (Lipinski definition) is 2. The molecule has 0 aliphatic carbocycles. The van der Waals surface area contributed by atoms with E-state index in [0.717, 1.165) is 4.57 Å². The molecule has 0 spiro atoms. The van der Waals surface area contributed by atoms with Crippen molar-refractivity contribution in [2.24, 2.45) is 0 Å². The van der Waals surface area contributed by atoms with Crippen LogP contribution in [0.2, 0.25) is 0 Å². The highest BCUT2D eigenvalue weighted by atomic mass is 19.4. The molecule has 0 radical (unpaired) electrons. The molecule has 1 amide bonds. The van der Waals surface area contributed by atoms with E-state index in [1.807, 2.05) is 0 Å². The Morgan fingerprint density at radius 2 is 2.10 bits per heavy atom. The van der Waals surface area contributed by atoms with Crippen molar-refractivity contribution < 1.29 is 18.0 Å². The normalized spacial score (nSPS) is 15.1. The third kappa shape index (κ3) is 2.19. The highest BCUT2D eigenvalue weighted by Crippen LogP contribution is 2.29. The first kappa shape index (κ1) is 13.4. The summed E-state index contributed by atoms with van der Waals surface area (Å²) in [5.74, 6) is -1.26. The number of H-pyrrole nitrogens is 1. The molecule has 11 heteroatoms. The van der Waals surface area contributed by atoms with Crippen molar-refractivity contribution in [3.8, 4) is 0 Å². The molecule has 0 atom stereocenters. The number of carbonyl (C=O) groups is 1. The monoisotopic (exact) mass is 301 g/mol. The standard InChI is InChI=1S/C10H10F3N7O/c11-10(12,13)9-18-16-6-4-19(1-2-20(6)9)8(21)5-3-15-17-7(5)14/h3H,1-2,4H2,(H3,14,15,17). The van der Waals surface area contributed by atoms with Crippen molar-refractivity contribution in [2.75, 3.05) is 12.3 Å². The summed E-state index contributed by atoms with van der Waals surface area (Å²) >= 11 is 0. The SMILES string of the molecule is Nc1[nH]ncc1C(=O)N1CCn2c(nnc2C(F)(F)F)C1. The van der Waals surface area contributed by atoms with Gasteiger partial charge in [-0.15, -0.1) is 10.2 Å². The summed E-state index contributed by atoms with van der Waals surface area (Å²) in [7, 11) is 0. The molecule has 1 aliphatic rings. The minimum absolute atomic E-state index is 0.0271. The summed E-state index contributed by atoms with van der Waals surface area (Å²) in [5.41, 5.74) is 5.74. The Morgan fingerprint density at radius 1 is 1.33 bits per heavy atom. The lowest BCUT2D eigenvalue weighted by molar-refractivity contribution is -0.147. The van der Waals surface area contributed by atoms with Crippen molar-refractivity contribution in [1.29, 1.82) is 0 Å². The highest BCUT2D eigenvalue weighted by Gasteiger charge is 2.40. The molecule has 3 rings (SSSR count). The summed E-state index contributed by atoms with van der Waals surface area (Å²) in [5, 5.41) is 12.7. The zero-order chi connectivity index (χ0) is 15.2. The number of amides is 1. The van der Waals surface area contributed by atoms with E-state index in [2.05, 4.69) is 20.4 Å². The van der Waals surface area contributed by atoms with Crippen LogP contribution in [0.25, 0.3) is 0 Å². The average Bonchev–Trinajstić information content (AvgIpc) is 3.02. The van der Waals surface area contributed by atoms with Crippen LogP contribution >= 0.6 is 0 Å². The molecule has 0 unspecified atom stereocenters. The van der Waals surface area contributed by atoms with Gasteiger partial charge in [-0.2, -0.15) is 18.3 Å². The van der Waals surface area contributed by atoms with Gasteiger partial charge in [0.15, 0.2) is 5.82 Å². The maximum atomic E-state index is 12.7. The Morgan fingerprint density at radius 3 is 2.71 bits per heavy atom. The first-order valence-electron chi connectivity index (χ1n) is 5.95. The summed E-state index contributed by atoms with van der Waals surface area (Å²) < 4.78 is 39.1. The second-order valence-corrected chi connectivity index (χ2v) is 4.51. The molecule has 0 fully saturated rings. The van der Waals surface area contributed by atoms with Crippen LogP contribution < -0.4 is 5.73 Å². The number of aromatic nitrogens is 5. The maximum absolute atomic E-state index is 12.7. The first-order chi connectivity index (χ1) is 9.88. The lowest BCUT2D eigenvalue weighted by Gasteiger charge is -2.27. The predicted octanol–water partition coefficient (Wildman–Crippen LogP) is 0.258. The Balaban J connectivity index is 1.84. The maximum Gasteiger partial charge on any atom is 0.451 e. The van der Waals surface area contributed by atoms with Gasteiger partial charge in [0.25, 0.3) is 5.91 Å². The van der Waals surface area contributed by atoms with Gasteiger partial charge in [0.1, 0.15) is 11.4 Å². The highest BCUT2D eigenvalue weighted by molar-refractivity contribution is 5.98. The van der Waals surface area contributed by atoms with Gasteiger partial charge in [-0.25, -0.2) is 0 Å². The fraction of sp³-hybridized carbons (Fsp3) is 0.400. The number of halogens is 3. The number of aromatic amines is 1. The molecule has 1 aliphatic heterocycles. The molecule has 3 N–H and O–H groups in total. The van der Waals surface area contributed by atoms with Crippen LogP contribution in [0.5, 0.6) is 0 Å². The predicted molar refractivity (Wildman–Crippen MR) is 62.8 cm³/mol. The molecule has 3 heterocycles. The van der Waals surface area contributed by atoms with Gasteiger partial charge in [0, 0.05) is 13.1 Å². The lowest BCUT2D eigenvalue weighted by Crippen LogP contribution is -2.39. The number of fused-ring (bicyclic) bond motifs is 1. The third-order valence-electron chi connectivity index (χ3n) is 3.19. The number of anilines is 1. The van der Waals surface area contributed by atoms with Crippen molar-refractivity contribution in [1.82, 2.24) is 29.9 Å². The van der Waals surface area contributed by atoms with E-state index in [0.29, 0.717) is 0 Å². The van der Waals surface area contributed by atoms with Gasteiger partial charge >= 0.3 is 6.18 Å². The number of rotatable bonds is 1. The molecule has 2 aromatic heterocycles. The molecular weight excluding hydrogens is 291 g/mol. The minimum Gasteiger partial charge on any atom is -0.383 e. The molecule has 112 valence electrons. The molecule has 21 heavy (non-hydrogen) atoms. The number of nitrogen functional groups attached to an aromatic ring is 1. The molecule has 8 nitrogen and oxygen atoms in total. The molecule has 0 aromatic carbocycles. The number of nitrogens with zero attached hydrogens (tertiary/aromatic N) is 5. The quantitative estimate of drug-likeness (QED) is 0.786. The van der Waals surface area contributed by atoms with E-state index in [1.165, 1.54) is 11.1 Å². The van der Waals surface area contributed by atoms with Crippen molar-refractivity contribution in [3.63, 3.8) is 0 Å². The Kier molecular flexibility index (Phi) is 2.85. The van der Waals surface area contributed by atoms with Gasteiger partial charge in [-0.1, -0.05) is 0 Å². The molecule has 2 aromatic rings. The van der Waals surface area contributed by atoms with Crippen LogP contribution in [0, 0.1) is 0 Å². The second kappa shape index (κ2) is 4.46.